The summed E-state index contributed by atoms with van der Waals surface area (Å²) in [5.41, 5.74) is 4.05. The van der Waals surface area contributed by atoms with Crippen LogP contribution in [0.2, 0.25) is 10.0 Å². The lowest BCUT2D eigenvalue weighted by atomic mass is 9.97. The number of rotatable bonds is 8. The number of hydrogen-bond donors (Lipinski definition) is 1. The van der Waals surface area contributed by atoms with Gasteiger partial charge in [0, 0.05) is 23.0 Å². The van der Waals surface area contributed by atoms with Crippen molar-refractivity contribution >= 4 is 51.5 Å². The molecule has 1 N–H and O–H groups in total. The number of ether oxygens (including phenoxy) is 1. The third-order valence-electron chi connectivity index (χ3n) is 5.59. The van der Waals surface area contributed by atoms with E-state index in [0.29, 0.717) is 38.6 Å². The smallest absolute Gasteiger partial charge is 0.356 e. The molecular weight excluding hydrogens is 471 g/mol. The van der Waals surface area contributed by atoms with E-state index in [1.54, 1.807) is 31.0 Å². The number of carbonyl (C=O) groups is 2. The predicted molar refractivity (Wildman–Crippen MR) is 138 cm³/mol. The Morgan fingerprint density at radius 1 is 1.00 bits per heavy atom. The summed E-state index contributed by atoms with van der Waals surface area (Å²) >= 11 is 12.7. The van der Waals surface area contributed by atoms with E-state index in [9.17, 15) is 9.59 Å². The number of anilines is 1. The lowest BCUT2D eigenvalue weighted by Gasteiger charge is -2.20. The molecule has 0 spiro atoms. The molecule has 0 saturated heterocycles. The minimum atomic E-state index is -0.523. The highest BCUT2D eigenvalue weighted by Gasteiger charge is 2.25. The second-order valence-electron chi connectivity index (χ2n) is 7.98. The Hall–Kier alpha value is -3.28. The van der Waals surface area contributed by atoms with Crippen LogP contribution in [-0.4, -0.2) is 36.9 Å². The van der Waals surface area contributed by atoms with Crippen molar-refractivity contribution in [3.63, 3.8) is 0 Å². The second kappa shape index (κ2) is 10.3. The molecule has 0 saturated carbocycles. The molecule has 0 atom stereocenters. The topological polar surface area (TPSA) is 62.4 Å². The van der Waals surface area contributed by atoms with Gasteiger partial charge in [0.1, 0.15) is 5.69 Å². The lowest BCUT2D eigenvalue weighted by molar-refractivity contribution is 0.0521. The first-order valence-corrected chi connectivity index (χ1v) is 11.7. The van der Waals surface area contributed by atoms with E-state index < -0.39 is 5.97 Å². The van der Waals surface area contributed by atoms with Gasteiger partial charge < -0.3 is 14.6 Å². The highest BCUT2D eigenvalue weighted by Crippen LogP contribution is 2.38. The summed E-state index contributed by atoms with van der Waals surface area (Å²) in [4.78, 5) is 30.9. The standard InChI is InChI=1S/C27H24Cl2N2O3/c1-3-34-27(33)25-26(24-21(29)14-19(28)15-22(24)30-25)31(2)16-23(32)20-12-8-7-11-18(20)13-17-9-5-4-6-10-17/h4-12,14-15,30H,3,13,16H2,1-2H3. The molecule has 0 aliphatic rings. The van der Waals surface area contributed by atoms with Crippen molar-refractivity contribution in [2.75, 3.05) is 25.1 Å². The summed E-state index contributed by atoms with van der Waals surface area (Å²) in [5, 5.41) is 1.43. The van der Waals surface area contributed by atoms with Crippen molar-refractivity contribution in [1.82, 2.24) is 4.98 Å². The average molecular weight is 495 g/mol. The Balaban J connectivity index is 1.69. The SMILES string of the molecule is CCOC(=O)c1[nH]c2cc(Cl)cc(Cl)c2c1N(C)CC(=O)c1ccccc1Cc1ccccc1. The fourth-order valence-corrected chi connectivity index (χ4v) is 4.69. The summed E-state index contributed by atoms with van der Waals surface area (Å²) in [7, 11) is 1.76. The monoisotopic (exact) mass is 494 g/mol. The van der Waals surface area contributed by atoms with Gasteiger partial charge in [-0.1, -0.05) is 77.8 Å². The molecule has 0 radical (unpaired) electrons. The van der Waals surface area contributed by atoms with Crippen molar-refractivity contribution in [1.29, 1.82) is 0 Å². The van der Waals surface area contributed by atoms with Crippen molar-refractivity contribution in [2.45, 2.75) is 13.3 Å². The number of aromatic nitrogens is 1. The van der Waals surface area contributed by atoms with E-state index in [0.717, 1.165) is 11.1 Å². The Morgan fingerprint density at radius 3 is 2.44 bits per heavy atom. The van der Waals surface area contributed by atoms with Crippen LogP contribution in [0.5, 0.6) is 0 Å². The Bertz CT molecular complexity index is 1350. The molecule has 0 bridgehead atoms. The van der Waals surface area contributed by atoms with Crippen molar-refractivity contribution in [2.24, 2.45) is 0 Å². The van der Waals surface area contributed by atoms with Gasteiger partial charge in [-0.05, 0) is 36.6 Å². The van der Waals surface area contributed by atoms with Crippen LogP contribution < -0.4 is 4.90 Å². The lowest BCUT2D eigenvalue weighted by Crippen LogP contribution is -2.28. The molecular formula is C27H24Cl2N2O3. The van der Waals surface area contributed by atoms with Gasteiger partial charge in [0.25, 0.3) is 0 Å². The van der Waals surface area contributed by atoms with Crippen LogP contribution in [-0.2, 0) is 11.2 Å². The number of H-pyrrole nitrogens is 1. The van der Waals surface area contributed by atoms with Gasteiger partial charge in [-0.25, -0.2) is 4.79 Å². The van der Waals surface area contributed by atoms with Gasteiger partial charge in [0.15, 0.2) is 5.78 Å². The average Bonchev–Trinajstić information content (AvgIpc) is 3.20. The van der Waals surface area contributed by atoms with Gasteiger partial charge >= 0.3 is 5.97 Å². The minimum absolute atomic E-state index is 0.0458. The molecule has 1 heterocycles. The number of Topliss-reactive ketones (excluding diaryl/α,β-unsaturated/α-hetero) is 1. The summed E-state index contributed by atoms with van der Waals surface area (Å²) in [6.07, 6.45) is 0.651. The number of fused-ring (bicyclic) bond motifs is 1. The number of aromatic amines is 1. The van der Waals surface area contributed by atoms with Crippen LogP contribution in [0.15, 0.2) is 66.7 Å². The zero-order chi connectivity index (χ0) is 24.2. The number of nitrogens with one attached hydrogen (secondary N) is 1. The highest BCUT2D eigenvalue weighted by atomic mass is 35.5. The number of likely N-dealkylation sites (N-methyl/N-ethyl adjacent to an activating group) is 1. The summed E-state index contributed by atoms with van der Waals surface area (Å²) in [5.74, 6) is -0.590. The molecule has 0 unspecified atom stereocenters. The summed E-state index contributed by atoms with van der Waals surface area (Å²) in [6, 6.07) is 20.9. The first kappa shape index (κ1) is 23.9. The molecule has 1 aromatic heterocycles. The molecule has 4 aromatic rings. The number of nitrogens with zero attached hydrogens (tertiary/aromatic N) is 1. The van der Waals surface area contributed by atoms with Gasteiger partial charge in [-0.3, -0.25) is 4.79 Å². The molecule has 7 heteroatoms. The maximum Gasteiger partial charge on any atom is 0.356 e. The molecule has 4 rings (SSSR count). The fourth-order valence-electron chi connectivity index (χ4n) is 4.11. The molecule has 0 amide bonds. The molecule has 5 nitrogen and oxygen atoms in total. The number of hydrogen-bond acceptors (Lipinski definition) is 4. The van der Waals surface area contributed by atoms with E-state index in [4.69, 9.17) is 27.9 Å². The van der Waals surface area contributed by atoms with Crippen molar-refractivity contribution in [3.8, 4) is 0 Å². The van der Waals surface area contributed by atoms with Crippen LogP contribution >= 0.6 is 23.2 Å². The zero-order valence-corrected chi connectivity index (χ0v) is 20.4. The van der Waals surface area contributed by atoms with E-state index in [1.165, 1.54) is 0 Å². The van der Waals surface area contributed by atoms with E-state index >= 15 is 0 Å². The molecule has 174 valence electrons. The fraction of sp³-hybridized carbons (Fsp3) is 0.185. The number of carbonyl (C=O) groups excluding carboxylic acids is 2. The molecule has 34 heavy (non-hydrogen) atoms. The van der Waals surface area contributed by atoms with Crippen LogP contribution in [0.1, 0.15) is 38.9 Å². The number of halogens is 2. The molecule has 3 aromatic carbocycles. The van der Waals surface area contributed by atoms with Gasteiger partial charge in [0.2, 0.25) is 0 Å². The first-order chi connectivity index (χ1) is 16.4. The van der Waals surface area contributed by atoms with Crippen molar-refractivity contribution in [3.05, 3.63) is 99.2 Å². The van der Waals surface area contributed by atoms with Gasteiger partial charge in [-0.2, -0.15) is 0 Å². The maximum atomic E-state index is 13.4. The Kier molecular flexibility index (Phi) is 7.25. The summed E-state index contributed by atoms with van der Waals surface area (Å²) < 4.78 is 5.24. The third kappa shape index (κ3) is 4.96. The first-order valence-electron chi connectivity index (χ1n) is 10.9. The zero-order valence-electron chi connectivity index (χ0n) is 18.9. The van der Waals surface area contributed by atoms with Crippen LogP contribution in [0.3, 0.4) is 0 Å². The summed E-state index contributed by atoms with van der Waals surface area (Å²) in [6.45, 7) is 2.00. The third-order valence-corrected chi connectivity index (χ3v) is 6.10. The quantitative estimate of drug-likeness (QED) is 0.222. The molecule has 0 aliphatic heterocycles. The largest absolute Gasteiger partial charge is 0.461 e. The van der Waals surface area contributed by atoms with Gasteiger partial charge in [0.05, 0.1) is 29.4 Å². The highest BCUT2D eigenvalue weighted by molar-refractivity contribution is 6.40. The minimum Gasteiger partial charge on any atom is -0.461 e. The normalized spacial score (nSPS) is 10.9. The Morgan fingerprint density at radius 2 is 1.71 bits per heavy atom. The molecule has 0 fully saturated rings. The van der Waals surface area contributed by atoms with E-state index in [-0.39, 0.29) is 24.6 Å². The number of esters is 1. The maximum absolute atomic E-state index is 13.4. The van der Waals surface area contributed by atoms with Crippen LogP contribution in [0.4, 0.5) is 5.69 Å². The van der Waals surface area contributed by atoms with Gasteiger partial charge in [-0.15, -0.1) is 0 Å². The van der Waals surface area contributed by atoms with Crippen molar-refractivity contribution < 1.29 is 14.3 Å². The second-order valence-corrected chi connectivity index (χ2v) is 8.82. The van der Waals surface area contributed by atoms with E-state index in [1.807, 2.05) is 54.6 Å². The Labute approximate surface area is 208 Å². The number of ketones is 1. The van der Waals surface area contributed by atoms with Crippen LogP contribution in [0.25, 0.3) is 10.9 Å². The number of benzene rings is 3. The predicted octanol–water partition coefficient (Wildman–Crippen LogP) is 6.56. The van der Waals surface area contributed by atoms with E-state index in [2.05, 4.69) is 4.98 Å². The van der Waals surface area contributed by atoms with Crippen LogP contribution in [0, 0.1) is 0 Å². The molecule has 0 aliphatic carbocycles.